The Bertz CT molecular complexity index is 904. The molecule has 25 heavy (non-hydrogen) atoms. The van der Waals surface area contributed by atoms with Gasteiger partial charge < -0.3 is 14.7 Å². The van der Waals surface area contributed by atoms with Crippen LogP contribution < -0.4 is 10.2 Å². The summed E-state index contributed by atoms with van der Waals surface area (Å²) >= 11 is 0. The van der Waals surface area contributed by atoms with E-state index < -0.39 is 0 Å². The molecule has 126 valence electrons. The largest absolute Gasteiger partial charge is 0.353 e. The molecule has 3 aromatic rings. The van der Waals surface area contributed by atoms with E-state index >= 15 is 0 Å². The Morgan fingerprint density at radius 2 is 2.08 bits per heavy atom. The van der Waals surface area contributed by atoms with E-state index in [9.17, 15) is 4.79 Å². The van der Waals surface area contributed by atoms with Crippen LogP contribution in [0.15, 0.2) is 47.1 Å². The molecular formula is C18H17N5O2. The average molecular weight is 335 g/mol. The molecule has 0 bridgehead atoms. The summed E-state index contributed by atoms with van der Waals surface area (Å²) in [7, 11) is 0. The molecule has 0 spiro atoms. The van der Waals surface area contributed by atoms with Crippen LogP contribution >= 0.6 is 0 Å². The molecule has 1 fully saturated rings. The minimum Gasteiger partial charge on any atom is -0.353 e. The fourth-order valence-electron chi connectivity index (χ4n) is 2.81. The van der Waals surface area contributed by atoms with Crippen LogP contribution in [-0.2, 0) is 4.79 Å². The number of anilines is 1. The van der Waals surface area contributed by atoms with Gasteiger partial charge >= 0.3 is 0 Å². The van der Waals surface area contributed by atoms with Crippen molar-refractivity contribution in [3.8, 4) is 22.8 Å². The van der Waals surface area contributed by atoms with Crippen LogP contribution in [0.3, 0.4) is 0 Å². The van der Waals surface area contributed by atoms with Gasteiger partial charge in [-0.2, -0.15) is 4.98 Å². The van der Waals surface area contributed by atoms with E-state index in [0.29, 0.717) is 24.8 Å². The van der Waals surface area contributed by atoms with Crippen LogP contribution in [0.25, 0.3) is 22.8 Å². The summed E-state index contributed by atoms with van der Waals surface area (Å²) in [6, 6.07) is 11.6. The van der Waals surface area contributed by atoms with Crippen LogP contribution in [0.2, 0.25) is 0 Å². The van der Waals surface area contributed by atoms with E-state index in [4.69, 9.17) is 4.52 Å². The molecule has 0 saturated carbocycles. The number of aromatic nitrogens is 3. The predicted octanol–water partition coefficient (Wildman–Crippen LogP) is 2.04. The van der Waals surface area contributed by atoms with Crippen molar-refractivity contribution in [2.24, 2.45) is 0 Å². The number of hydrogen-bond donors (Lipinski definition) is 1. The van der Waals surface area contributed by atoms with E-state index in [1.807, 2.05) is 48.2 Å². The van der Waals surface area contributed by atoms with Crippen LogP contribution in [0.5, 0.6) is 0 Å². The number of benzene rings is 1. The molecule has 1 aliphatic rings. The highest BCUT2D eigenvalue weighted by atomic mass is 16.5. The molecule has 0 radical (unpaired) electrons. The molecular weight excluding hydrogens is 318 g/mol. The van der Waals surface area contributed by atoms with Crippen molar-refractivity contribution in [2.45, 2.75) is 6.92 Å². The summed E-state index contributed by atoms with van der Waals surface area (Å²) in [5.74, 6) is 1.76. The Morgan fingerprint density at radius 3 is 2.84 bits per heavy atom. The molecule has 1 saturated heterocycles. The van der Waals surface area contributed by atoms with E-state index in [-0.39, 0.29) is 5.91 Å². The molecule has 0 atom stereocenters. The Balaban J connectivity index is 1.57. The summed E-state index contributed by atoms with van der Waals surface area (Å²) in [5, 5.41) is 6.87. The molecule has 1 N–H and O–H groups in total. The number of nitrogens with zero attached hydrogens (tertiary/aromatic N) is 4. The molecule has 4 rings (SSSR count). The Morgan fingerprint density at radius 1 is 1.20 bits per heavy atom. The summed E-state index contributed by atoms with van der Waals surface area (Å²) in [6.45, 7) is 3.71. The quantitative estimate of drug-likeness (QED) is 0.788. The van der Waals surface area contributed by atoms with Gasteiger partial charge in [-0.05, 0) is 24.6 Å². The number of hydrogen-bond acceptors (Lipinski definition) is 6. The summed E-state index contributed by atoms with van der Waals surface area (Å²) < 4.78 is 5.38. The highest BCUT2D eigenvalue weighted by Crippen LogP contribution is 2.25. The fourth-order valence-corrected chi connectivity index (χ4v) is 2.81. The third-order valence-electron chi connectivity index (χ3n) is 4.17. The summed E-state index contributed by atoms with van der Waals surface area (Å²) in [6.07, 6.45) is 1.69. The number of carbonyl (C=O) groups is 1. The van der Waals surface area contributed by atoms with Crippen molar-refractivity contribution >= 4 is 11.7 Å². The SMILES string of the molecule is Cc1ccccc1-c1noc(-c2ccc(N3CCNC(=O)C3)nc2)n1. The van der Waals surface area contributed by atoms with E-state index in [0.717, 1.165) is 29.1 Å². The molecule has 1 aliphatic heterocycles. The lowest BCUT2D eigenvalue weighted by Crippen LogP contribution is -2.48. The normalized spacial score (nSPS) is 14.4. The number of aryl methyl sites for hydroxylation is 1. The molecule has 7 heteroatoms. The van der Waals surface area contributed by atoms with Crippen molar-refractivity contribution in [2.75, 3.05) is 24.5 Å². The van der Waals surface area contributed by atoms with Gasteiger partial charge in [0.2, 0.25) is 11.7 Å². The smallest absolute Gasteiger partial charge is 0.259 e. The van der Waals surface area contributed by atoms with Gasteiger partial charge in [-0.1, -0.05) is 29.4 Å². The lowest BCUT2D eigenvalue weighted by Gasteiger charge is -2.27. The third-order valence-corrected chi connectivity index (χ3v) is 4.17. The fraction of sp³-hybridized carbons (Fsp3) is 0.222. The van der Waals surface area contributed by atoms with Crippen molar-refractivity contribution < 1.29 is 9.32 Å². The Labute approximate surface area is 144 Å². The van der Waals surface area contributed by atoms with E-state index in [2.05, 4.69) is 20.4 Å². The van der Waals surface area contributed by atoms with Gasteiger partial charge in [-0.15, -0.1) is 0 Å². The lowest BCUT2D eigenvalue weighted by atomic mass is 10.1. The van der Waals surface area contributed by atoms with Crippen molar-refractivity contribution in [3.05, 3.63) is 48.2 Å². The van der Waals surface area contributed by atoms with Gasteiger partial charge in [0.25, 0.3) is 5.89 Å². The van der Waals surface area contributed by atoms with Gasteiger partial charge in [-0.3, -0.25) is 4.79 Å². The van der Waals surface area contributed by atoms with E-state index in [1.54, 1.807) is 6.20 Å². The minimum atomic E-state index is 0.0110. The maximum atomic E-state index is 11.5. The maximum absolute atomic E-state index is 11.5. The molecule has 2 aromatic heterocycles. The Hall–Kier alpha value is -3.22. The second kappa shape index (κ2) is 6.35. The first-order chi connectivity index (χ1) is 12.2. The number of piperazine rings is 1. The topological polar surface area (TPSA) is 84.2 Å². The van der Waals surface area contributed by atoms with Gasteiger partial charge in [-0.25, -0.2) is 4.98 Å². The first-order valence-electron chi connectivity index (χ1n) is 8.08. The molecule has 7 nitrogen and oxygen atoms in total. The molecule has 0 aliphatic carbocycles. The van der Waals surface area contributed by atoms with Gasteiger partial charge in [0.1, 0.15) is 5.82 Å². The van der Waals surface area contributed by atoms with E-state index in [1.165, 1.54) is 0 Å². The monoisotopic (exact) mass is 335 g/mol. The molecule has 0 unspecified atom stereocenters. The number of rotatable bonds is 3. The zero-order chi connectivity index (χ0) is 17.2. The van der Waals surface area contributed by atoms with Crippen molar-refractivity contribution in [1.82, 2.24) is 20.4 Å². The second-order valence-corrected chi connectivity index (χ2v) is 5.91. The van der Waals surface area contributed by atoms with Gasteiger partial charge in [0.15, 0.2) is 0 Å². The van der Waals surface area contributed by atoms with Crippen LogP contribution in [0.4, 0.5) is 5.82 Å². The number of carbonyl (C=O) groups excluding carboxylic acids is 1. The third kappa shape index (κ3) is 3.08. The second-order valence-electron chi connectivity index (χ2n) is 5.91. The van der Waals surface area contributed by atoms with Gasteiger partial charge in [0, 0.05) is 24.8 Å². The van der Waals surface area contributed by atoms with Crippen LogP contribution in [-0.4, -0.2) is 40.7 Å². The summed E-state index contributed by atoms with van der Waals surface area (Å²) in [4.78, 5) is 22.3. The van der Waals surface area contributed by atoms with Crippen molar-refractivity contribution in [3.63, 3.8) is 0 Å². The number of pyridine rings is 1. The Kier molecular flexibility index (Phi) is 3.89. The predicted molar refractivity (Wildman–Crippen MR) is 92.9 cm³/mol. The highest BCUT2D eigenvalue weighted by molar-refractivity contribution is 5.82. The zero-order valence-electron chi connectivity index (χ0n) is 13.8. The lowest BCUT2D eigenvalue weighted by molar-refractivity contribution is -0.120. The summed E-state index contributed by atoms with van der Waals surface area (Å²) in [5.41, 5.74) is 2.78. The molecule has 3 heterocycles. The first kappa shape index (κ1) is 15.3. The van der Waals surface area contributed by atoms with Crippen molar-refractivity contribution in [1.29, 1.82) is 0 Å². The molecule has 1 amide bonds. The van der Waals surface area contributed by atoms with Gasteiger partial charge in [0.05, 0.1) is 12.1 Å². The highest BCUT2D eigenvalue weighted by Gasteiger charge is 2.18. The minimum absolute atomic E-state index is 0.0110. The molecule has 1 aromatic carbocycles. The van der Waals surface area contributed by atoms with Crippen LogP contribution in [0.1, 0.15) is 5.56 Å². The first-order valence-corrected chi connectivity index (χ1v) is 8.08. The van der Waals surface area contributed by atoms with Crippen LogP contribution in [0, 0.1) is 6.92 Å². The standard InChI is InChI=1S/C18H17N5O2/c1-12-4-2-3-5-14(12)17-21-18(25-22-17)13-6-7-15(20-10-13)23-9-8-19-16(24)11-23/h2-7,10H,8-9,11H2,1H3,(H,19,24). The number of amides is 1. The zero-order valence-corrected chi connectivity index (χ0v) is 13.8. The average Bonchev–Trinajstić information content (AvgIpc) is 3.12. The maximum Gasteiger partial charge on any atom is 0.259 e. The number of nitrogens with one attached hydrogen (secondary N) is 1.